The van der Waals surface area contributed by atoms with E-state index in [0.717, 1.165) is 57.5 Å². The second-order valence-corrected chi connectivity index (χ2v) is 6.75. The summed E-state index contributed by atoms with van der Waals surface area (Å²) in [5, 5.41) is 16.8. The van der Waals surface area contributed by atoms with Crippen molar-refractivity contribution in [1.29, 1.82) is 0 Å². The van der Waals surface area contributed by atoms with Gasteiger partial charge < -0.3 is 15.7 Å². The molecule has 1 saturated carbocycles. The first kappa shape index (κ1) is 15.8. The number of carbonyl (C=O) groups is 1. The third kappa shape index (κ3) is 4.74. The first-order valence-electron chi connectivity index (χ1n) is 8.31. The van der Waals surface area contributed by atoms with Crippen LogP contribution in [-0.4, -0.2) is 36.2 Å². The fraction of sp³-hybridized carbons (Fsp3) is 0.938. The molecular weight excluding hydrogens is 252 g/mol. The van der Waals surface area contributed by atoms with Crippen molar-refractivity contribution >= 4 is 5.91 Å². The summed E-state index contributed by atoms with van der Waals surface area (Å²) in [4.78, 5) is 12.0. The quantitative estimate of drug-likeness (QED) is 0.721. The van der Waals surface area contributed by atoms with E-state index in [1.807, 2.05) is 0 Å². The van der Waals surface area contributed by atoms with Crippen LogP contribution in [0.25, 0.3) is 0 Å². The van der Waals surface area contributed by atoms with Gasteiger partial charge >= 0.3 is 0 Å². The zero-order valence-electron chi connectivity index (χ0n) is 12.8. The van der Waals surface area contributed by atoms with Gasteiger partial charge in [-0.3, -0.25) is 4.79 Å². The minimum Gasteiger partial charge on any atom is -0.388 e. The summed E-state index contributed by atoms with van der Waals surface area (Å²) >= 11 is 0. The van der Waals surface area contributed by atoms with Crippen LogP contribution in [0.1, 0.15) is 58.3 Å². The lowest BCUT2D eigenvalue weighted by molar-refractivity contribution is -0.124. The van der Waals surface area contributed by atoms with E-state index in [0.29, 0.717) is 18.9 Å². The molecule has 0 unspecified atom stereocenters. The standard InChI is InChI=1S/C16H30N2O2/c1-2-13-3-7-16(20,8-4-13)12-18-15(19)11-14-5-9-17-10-6-14/h13-14,17,20H,2-12H2,1H3,(H,18,19). The summed E-state index contributed by atoms with van der Waals surface area (Å²) in [6, 6.07) is 0. The van der Waals surface area contributed by atoms with Gasteiger partial charge in [0.2, 0.25) is 5.91 Å². The van der Waals surface area contributed by atoms with E-state index >= 15 is 0 Å². The number of rotatable bonds is 5. The van der Waals surface area contributed by atoms with Gasteiger partial charge in [0.25, 0.3) is 0 Å². The number of hydrogen-bond donors (Lipinski definition) is 3. The second kappa shape index (κ2) is 7.41. The summed E-state index contributed by atoms with van der Waals surface area (Å²) in [6.45, 7) is 4.71. The van der Waals surface area contributed by atoms with Gasteiger partial charge in [0.15, 0.2) is 0 Å². The number of aliphatic hydroxyl groups is 1. The Morgan fingerprint density at radius 3 is 2.45 bits per heavy atom. The molecule has 4 nitrogen and oxygen atoms in total. The lowest BCUT2D eigenvalue weighted by Crippen LogP contribution is -2.45. The predicted octanol–water partition coefficient (Wildman–Crippen LogP) is 1.82. The molecule has 2 aliphatic rings. The molecule has 116 valence electrons. The van der Waals surface area contributed by atoms with Crippen LogP contribution in [0, 0.1) is 11.8 Å². The maximum atomic E-state index is 12.0. The van der Waals surface area contributed by atoms with Crippen molar-refractivity contribution in [2.24, 2.45) is 11.8 Å². The highest BCUT2D eigenvalue weighted by atomic mass is 16.3. The van der Waals surface area contributed by atoms with Gasteiger partial charge in [0.05, 0.1) is 5.60 Å². The van der Waals surface area contributed by atoms with E-state index < -0.39 is 5.60 Å². The van der Waals surface area contributed by atoms with Crippen LogP contribution in [0.2, 0.25) is 0 Å². The summed E-state index contributed by atoms with van der Waals surface area (Å²) < 4.78 is 0. The fourth-order valence-corrected chi connectivity index (χ4v) is 3.48. The highest BCUT2D eigenvalue weighted by Gasteiger charge is 2.33. The molecule has 0 aromatic rings. The highest BCUT2D eigenvalue weighted by Crippen LogP contribution is 2.33. The van der Waals surface area contributed by atoms with Gasteiger partial charge in [0.1, 0.15) is 0 Å². The van der Waals surface area contributed by atoms with E-state index in [4.69, 9.17) is 0 Å². The first-order chi connectivity index (χ1) is 9.61. The number of amides is 1. The lowest BCUT2D eigenvalue weighted by atomic mass is 9.78. The molecule has 0 radical (unpaired) electrons. The van der Waals surface area contributed by atoms with E-state index in [-0.39, 0.29) is 5.91 Å². The van der Waals surface area contributed by atoms with Gasteiger partial charge in [-0.05, 0) is 63.5 Å². The van der Waals surface area contributed by atoms with E-state index in [9.17, 15) is 9.90 Å². The highest BCUT2D eigenvalue weighted by molar-refractivity contribution is 5.76. The van der Waals surface area contributed by atoms with Crippen LogP contribution < -0.4 is 10.6 Å². The van der Waals surface area contributed by atoms with Gasteiger partial charge in [-0.15, -0.1) is 0 Å². The number of carbonyl (C=O) groups excluding carboxylic acids is 1. The summed E-state index contributed by atoms with van der Waals surface area (Å²) in [7, 11) is 0. The summed E-state index contributed by atoms with van der Waals surface area (Å²) in [6.07, 6.45) is 7.87. The van der Waals surface area contributed by atoms with Crippen molar-refractivity contribution < 1.29 is 9.90 Å². The first-order valence-corrected chi connectivity index (χ1v) is 8.31. The molecule has 1 aliphatic heterocycles. The second-order valence-electron chi connectivity index (χ2n) is 6.75. The van der Waals surface area contributed by atoms with Crippen molar-refractivity contribution in [1.82, 2.24) is 10.6 Å². The molecule has 0 bridgehead atoms. The Labute approximate surface area is 122 Å². The molecular formula is C16H30N2O2. The Kier molecular flexibility index (Phi) is 5.85. The zero-order chi connectivity index (χ0) is 14.4. The average molecular weight is 282 g/mol. The SMILES string of the molecule is CCC1CCC(O)(CNC(=O)CC2CCNCC2)CC1. The van der Waals surface area contributed by atoms with Crippen molar-refractivity contribution in [3.63, 3.8) is 0 Å². The Balaban J connectivity index is 1.67. The third-order valence-electron chi connectivity index (χ3n) is 5.16. The summed E-state index contributed by atoms with van der Waals surface area (Å²) in [5.41, 5.74) is -0.657. The Hall–Kier alpha value is -0.610. The van der Waals surface area contributed by atoms with E-state index in [1.54, 1.807) is 0 Å². The predicted molar refractivity (Wildman–Crippen MR) is 80.4 cm³/mol. The van der Waals surface area contributed by atoms with Crippen molar-refractivity contribution in [2.75, 3.05) is 19.6 Å². The molecule has 0 aromatic carbocycles. The van der Waals surface area contributed by atoms with Crippen LogP contribution >= 0.6 is 0 Å². The number of nitrogens with one attached hydrogen (secondary N) is 2. The van der Waals surface area contributed by atoms with Crippen LogP contribution in [-0.2, 0) is 4.79 Å². The molecule has 1 saturated heterocycles. The van der Waals surface area contributed by atoms with Gasteiger partial charge in [-0.25, -0.2) is 0 Å². The minimum atomic E-state index is -0.657. The maximum absolute atomic E-state index is 12.0. The normalized spacial score (nSPS) is 32.0. The maximum Gasteiger partial charge on any atom is 0.220 e. The zero-order valence-corrected chi connectivity index (χ0v) is 12.8. The van der Waals surface area contributed by atoms with Crippen molar-refractivity contribution in [3.05, 3.63) is 0 Å². The fourth-order valence-electron chi connectivity index (χ4n) is 3.48. The molecule has 2 fully saturated rings. The third-order valence-corrected chi connectivity index (χ3v) is 5.16. The Morgan fingerprint density at radius 1 is 1.20 bits per heavy atom. The van der Waals surface area contributed by atoms with Crippen LogP contribution in [0.5, 0.6) is 0 Å². The van der Waals surface area contributed by atoms with Gasteiger partial charge in [-0.2, -0.15) is 0 Å². The molecule has 1 aliphatic carbocycles. The summed E-state index contributed by atoms with van der Waals surface area (Å²) in [5.74, 6) is 1.39. The van der Waals surface area contributed by atoms with Crippen molar-refractivity contribution in [2.45, 2.75) is 63.9 Å². The number of piperidine rings is 1. The van der Waals surface area contributed by atoms with Crippen LogP contribution in [0.15, 0.2) is 0 Å². The molecule has 20 heavy (non-hydrogen) atoms. The largest absolute Gasteiger partial charge is 0.388 e. The molecule has 4 heteroatoms. The Bertz CT molecular complexity index is 306. The van der Waals surface area contributed by atoms with Crippen molar-refractivity contribution in [3.8, 4) is 0 Å². The molecule has 3 N–H and O–H groups in total. The molecule has 0 atom stereocenters. The van der Waals surface area contributed by atoms with E-state index in [1.165, 1.54) is 6.42 Å². The van der Waals surface area contributed by atoms with E-state index in [2.05, 4.69) is 17.6 Å². The molecule has 0 spiro atoms. The Morgan fingerprint density at radius 2 is 1.85 bits per heavy atom. The van der Waals surface area contributed by atoms with Crippen LogP contribution in [0.3, 0.4) is 0 Å². The van der Waals surface area contributed by atoms with Crippen LogP contribution in [0.4, 0.5) is 0 Å². The monoisotopic (exact) mass is 282 g/mol. The smallest absolute Gasteiger partial charge is 0.220 e. The molecule has 1 heterocycles. The molecule has 2 rings (SSSR count). The van der Waals surface area contributed by atoms with Gasteiger partial charge in [-0.1, -0.05) is 13.3 Å². The lowest BCUT2D eigenvalue weighted by Gasteiger charge is -2.36. The minimum absolute atomic E-state index is 0.114. The average Bonchev–Trinajstić information content (AvgIpc) is 2.47. The van der Waals surface area contributed by atoms with Gasteiger partial charge in [0, 0.05) is 13.0 Å². The number of hydrogen-bond acceptors (Lipinski definition) is 3. The topological polar surface area (TPSA) is 61.4 Å². The molecule has 0 aromatic heterocycles. The molecule has 1 amide bonds.